The van der Waals surface area contributed by atoms with Gasteiger partial charge in [-0.05, 0) is 79.2 Å². The van der Waals surface area contributed by atoms with Crippen molar-refractivity contribution in [3.05, 3.63) is 90.2 Å². The van der Waals surface area contributed by atoms with Gasteiger partial charge in [0.25, 0.3) is 5.91 Å². The lowest BCUT2D eigenvalue weighted by molar-refractivity contribution is -0.121. The van der Waals surface area contributed by atoms with E-state index in [1.54, 1.807) is 62.5 Å². The van der Waals surface area contributed by atoms with Gasteiger partial charge in [-0.25, -0.2) is 9.79 Å². The molecule has 1 aliphatic rings. The van der Waals surface area contributed by atoms with Crippen molar-refractivity contribution in [1.82, 2.24) is 4.90 Å². The molecule has 0 aliphatic carbocycles. The fourth-order valence-corrected chi connectivity index (χ4v) is 5.58. The zero-order chi connectivity index (χ0) is 28.3. The Kier molecular flexibility index (Phi) is 9.27. The van der Waals surface area contributed by atoms with Crippen molar-refractivity contribution >= 4 is 79.7 Å². The number of carboxylic acids is 1. The number of aliphatic imine (C=N–C) groups is 1. The van der Waals surface area contributed by atoms with Gasteiger partial charge < -0.3 is 14.6 Å². The second-order valence-corrected chi connectivity index (χ2v) is 11.1. The van der Waals surface area contributed by atoms with Crippen molar-refractivity contribution < 1.29 is 24.2 Å². The number of carboxylic acid groups (broad SMARTS) is 1. The van der Waals surface area contributed by atoms with E-state index in [0.717, 1.165) is 5.56 Å². The fraction of sp³-hybridized carbons (Fsp3) is 0.179. The van der Waals surface area contributed by atoms with Crippen molar-refractivity contribution in [2.45, 2.75) is 20.5 Å². The largest absolute Gasteiger partial charge is 0.490 e. The molecule has 0 atom stereocenters. The molecular formula is C28H23BrCl2N2O5S. The van der Waals surface area contributed by atoms with Crippen LogP contribution in [0.25, 0.3) is 6.08 Å². The molecule has 3 aromatic carbocycles. The number of hydrogen-bond donors (Lipinski definition) is 1. The number of carbonyl (C=O) groups is 2. The summed E-state index contributed by atoms with van der Waals surface area (Å²) in [5, 5.41) is 10.9. The van der Waals surface area contributed by atoms with Gasteiger partial charge in [0.2, 0.25) is 0 Å². The summed E-state index contributed by atoms with van der Waals surface area (Å²) in [6.45, 7) is 4.19. The van der Waals surface area contributed by atoms with Crippen LogP contribution in [0.1, 0.15) is 34.0 Å². The summed E-state index contributed by atoms with van der Waals surface area (Å²) in [5.74, 6) is -0.238. The standard InChI is InChI=1S/C28H23BrCl2N2O5S/c1-4-37-23-10-17(20(29)13-24(23)38-14-16-8-9-18(30)12-21(16)31)11-25-26(34)33(3)28(39-25)32-22-7-5-6-19(15(22)2)27(35)36/h5-13H,4,14H2,1-3H3,(H,35,36)/b25-11-,32-28?. The van der Waals surface area contributed by atoms with Crippen molar-refractivity contribution in [3.63, 3.8) is 0 Å². The van der Waals surface area contributed by atoms with E-state index in [1.165, 1.54) is 22.7 Å². The molecule has 0 unspecified atom stereocenters. The highest BCUT2D eigenvalue weighted by molar-refractivity contribution is 9.10. The van der Waals surface area contributed by atoms with Gasteiger partial charge in [0, 0.05) is 27.1 Å². The molecule has 1 aliphatic heterocycles. The number of carbonyl (C=O) groups excluding carboxylic acids is 1. The number of ether oxygens (including phenoxy) is 2. The van der Waals surface area contributed by atoms with E-state index in [0.29, 0.717) is 59.5 Å². The lowest BCUT2D eigenvalue weighted by Crippen LogP contribution is -2.23. The zero-order valence-electron chi connectivity index (χ0n) is 21.1. The van der Waals surface area contributed by atoms with Crippen LogP contribution in [-0.4, -0.2) is 40.7 Å². The summed E-state index contributed by atoms with van der Waals surface area (Å²) in [4.78, 5) is 31.0. The van der Waals surface area contributed by atoms with E-state index in [9.17, 15) is 14.7 Å². The van der Waals surface area contributed by atoms with Crippen LogP contribution in [0.15, 0.2) is 62.9 Å². The minimum atomic E-state index is -1.03. The van der Waals surface area contributed by atoms with E-state index in [2.05, 4.69) is 20.9 Å². The maximum absolute atomic E-state index is 13.0. The Morgan fingerprint density at radius 2 is 1.90 bits per heavy atom. The number of likely N-dealkylation sites (N-methyl/N-ethyl adjacent to an activating group) is 1. The lowest BCUT2D eigenvalue weighted by atomic mass is 10.1. The first-order valence-electron chi connectivity index (χ1n) is 11.7. The molecular weight excluding hydrogens is 627 g/mol. The van der Waals surface area contributed by atoms with Crippen LogP contribution in [0.2, 0.25) is 10.0 Å². The quantitative estimate of drug-likeness (QED) is 0.249. The van der Waals surface area contributed by atoms with Gasteiger partial charge in [-0.1, -0.05) is 51.3 Å². The highest BCUT2D eigenvalue weighted by atomic mass is 79.9. The van der Waals surface area contributed by atoms with Crippen LogP contribution in [0.4, 0.5) is 5.69 Å². The number of halogens is 3. The average molecular weight is 650 g/mol. The number of benzene rings is 3. The van der Waals surface area contributed by atoms with Crippen molar-refractivity contribution in [2.24, 2.45) is 4.99 Å². The van der Waals surface area contributed by atoms with Crippen LogP contribution in [0, 0.1) is 6.92 Å². The number of nitrogens with zero attached hydrogens (tertiary/aromatic N) is 2. The Morgan fingerprint density at radius 3 is 2.59 bits per heavy atom. The summed E-state index contributed by atoms with van der Waals surface area (Å²) >= 11 is 17.1. The second-order valence-electron chi connectivity index (χ2n) is 8.40. The molecule has 202 valence electrons. The molecule has 0 aromatic heterocycles. The van der Waals surface area contributed by atoms with E-state index >= 15 is 0 Å². The van der Waals surface area contributed by atoms with E-state index in [-0.39, 0.29) is 18.1 Å². The SMILES string of the molecule is CCOc1cc(/C=C2\SC(=Nc3cccc(C(=O)O)c3C)N(C)C2=O)c(Br)cc1OCc1ccc(Cl)cc1Cl. The molecule has 1 fully saturated rings. The molecule has 1 heterocycles. The van der Waals surface area contributed by atoms with Crippen molar-refractivity contribution in [2.75, 3.05) is 13.7 Å². The zero-order valence-corrected chi connectivity index (χ0v) is 25.0. The fourth-order valence-electron chi connectivity index (χ4n) is 3.71. The van der Waals surface area contributed by atoms with Crippen LogP contribution >= 0.6 is 50.9 Å². The normalized spacial score (nSPS) is 15.3. The van der Waals surface area contributed by atoms with Gasteiger partial charge in [0.15, 0.2) is 16.7 Å². The van der Waals surface area contributed by atoms with Gasteiger partial charge in [-0.15, -0.1) is 0 Å². The van der Waals surface area contributed by atoms with Crippen LogP contribution in [0.3, 0.4) is 0 Å². The van der Waals surface area contributed by atoms with Crippen LogP contribution in [-0.2, 0) is 11.4 Å². The molecule has 39 heavy (non-hydrogen) atoms. The Balaban J connectivity index is 1.62. The van der Waals surface area contributed by atoms with E-state index in [4.69, 9.17) is 32.7 Å². The summed E-state index contributed by atoms with van der Waals surface area (Å²) < 4.78 is 12.5. The van der Waals surface area contributed by atoms with Gasteiger partial charge in [-0.3, -0.25) is 9.69 Å². The lowest BCUT2D eigenvalue weighted by Gasteiger charge is -2.15. The molecule has 0 bridgehead atoms. The third kappa shape index (κ3) is 6.61. The smallest absolute Gasteiger partial charge is 0.336 e. The van der Waals surface area contributed by atoms with E-state index in [1.807, 2.05) is 6.92 Å². The Morgan fingerprint density at radius 1 is 1.15 bits per heavy atom. The number of amides is 1. The highest BCUT2D eigenvalue weighted by Gasteiger charge is 2.31. The van der Waals surface area contributed by atoms with Gasteiger partial charge in [-0.2, -0.15) is 0 Å². The molecule has 1 amide bonds. The van der Waals surface area contributed by atoms with Gasteiger partial charge in [0.1, 0.15) is 6.61 Å². The molecule has 1 N–H and O–H groups in total. The first kappa shape index (κ1) is 29.0. The topological polar surface area (TPSA) is 88.4 Å². The first-order valence-corrected chi connectivity index (χ1v) is 14.1. The molecule has 0 saturated carbocycles. The predicted octanol–water partition coefficient (Wildman–Crippen LogP) is 7.97. The third-order valence-electron chi connectivity index (χ3n) is 5.80. The van der Waals surface area contributed by atoms with Crippen molar-refractivity contribution in [1.29, 1.82) is 0 Å². The Labute approximate surface area is 248 Å². The summed E-state index contributed by atoms with van der Waals surface area (Å²) in [5.41, 5.74) is 2.66. The number of rotatable bonds is 8. The maximum atomic E-state index is 13.0. The average Bonchev–Trinajstić information content (AvgIpc) is 3.14. The molecule has 0 radical (unpaired) electrons. The third-order valence-corrected chi connectivity index (χ3v) is 8.14. The Hall–Kier alpha value is -2.98. The van der Waals surface area contributed by atoms with Crippen LogP contribution in [0.5, 0.6) is 11.5 Å². The molecule has 1 saturated heterocycles. The molecule has 7 nitrogen and oxygen atoms in total. The minimum Gasteiger partial charge on any atom is -0.490 e. The molecule has 0 spiro atoms. The number of amidine groups is 1. The number of hydrogen-bond acceptors (Lipinski definition) is 6. The molecule has 3 aromatic rings. The van der Waals surface area contributed by atoms with Gasteiger partial charge in [0.05, 0.1) is 22.8 Å². The predicted molar refractivity (Wildman–Crippen MR) is 160 cm³/mol. The first-order chi connectivity index (χ1) is 18.6. The monoisotopic (exact) mass is 648 g/mol. The number of aromatic carboxylic acids is 1. The summed E-state index contributed by atoms with van der Waals surface area (Å²) in [6, 6.07) is 13.7. The summed E-state index contributed by atoms with van der Waals surface area (Å²) in [7, 11) is 1.63. The van der Waals surface area contributed by atoms with Crippen molar-refractivity contribution in [3.8, 4) is 11.5 Å². The highest BCUT2D eigenvalue weighted by Crippen LogP contribution is 2.39. The second kappa shape index (κ2) is 12.5. The van der Waals surface area contributed by atoms with E-state index < -0.39 is 5.97 Å². The van der Waals surface area contributed by atoms with Gasteiger partial charge >= 0.3 is 5.97 Å². The minimum absolute atomic E-state index is 0.164. The Bertz CT molecular complexity index is 1530. The number of thioether (sulfide) groups is 1. The molecule has 11 heteroatoms. The van der Waals surface area contributed by atoms with Crippen LogP contribution < -0.4 is 9.47 Å². The maximum Gasteiger partial charge on any atom is 0.336 e. The molecule has 4 rings (SSSR count). The summed E-state index contributed by atoms with van der Waals surface area (Å²) in [6.07, 6.45) is 1.75.